The summed E-state index contributed by atoms with van der Waals surface area (Å²) >= 11 is 0. The first-order valence-electron chi connectivity index (χ1n) is 6.55. The number of rotatable bonds is 5. The molecule has 0 unspecified atom stereocenters. The lowest BCUT2D eigenvalue weighted by Crippen LogP contribution is -2.18. The van der Waals surface area contributed by atoms with E-state index in [0.29, 0.717) is 0 Å². The molecular formula is C17H19NO2. The predicted octanol–water partition coefficient (Wildman–Crippen LogP) is 3.74. The highest BCUT2D eigenvalue weighted by atomic mass is 16.5. The molecule has 0 fully saturated rings. The third-order valence-corrected chi connectivity index (χ3v) is 3.09. The third-order valence-electron chi connectivity index (χ3n) is 3.09. The number of ether oxygens (including phenoxy) is 1. The summed E-state index contributed by atoms with van der Waals surface area (Å²) in [6.45, 7) is 1.88. The van der Waals surface area contributed by atoms with Crippen molar-refractivity contribution in [1.29, 1.82) is 0 Å². The first-order chi connectivity index (χ1) is 9.72. The van der Waals surface area contributed by atoms with E-state index in [1.54, 1.807) is 7.11 Å². The van der Waals surface area contributed by atoms with E-state index in [0.717, 1.165) is 22.4 Å². The minimum Gasteiger partial charge on any atom is -0.497 e. The van der Waals surface area contributed by atoms with Crippen molar-refractivity contribution in [3.05, 3.63) is 60.2 Å². The van der Waals surface area contributed by atoms with Gasteiger partial charge < -0.3 is 9.94 Å². The Morgan fingerprint density at radius 2 is 1.85 bits per heavy atom. The number of nitrogens with one attached hydrogen (secondary N) is 1. The van der Waals surface area contributed by atoms with E-state index in [4.69, 9.17) is 9.94 Å². The minimum absolute atomic E-state index is 0.0698. The maximum atomic E-state index is 8.78. The van der Waals surface area contributed by atoms with Crippen molar-refractivity contribution >= 4 is 6.08 Å². The fraction of sp³-hybridized carbons (Fsp3) is 0.176. The lowest BCUT2D eigenvalue weighted by atomic mass is 10.0. The molecule has 1 atom stereocenters. The van der Waals surface area contributed by atoms with Gasteiger partial charge in [0.25, 0.3) is 0 Å². The summed E-state index contributed by atoms with van der Waals surface area (Å²) in [6, 6.07) is 16.2. The predicted molar refractivity (Wildman–Crippen MR) is 81.8 cm³/mol. The molecule has 2 rings (SSSR count). The van der Waals surface area contributed by atoms with Gasteiger partial charge >= 0.3 is 0 Å². The molecule has 0 saturated carbocycles. The molecular weight excluding hydrogens is 250 g/mol. The van der Waals surface area contributed by atoms with Crippen molar-refractivity contribution in [1.82, 2.24) is 5.48 Å². The van der Waals surface area contributed by atoms with Gasteiger partial charge in [-0.05, 0) is 41.8 Å². The van der Waals surface area contributed by atoms with E-state index in [1.165, 1.54) is 0 Å². The second kappa shape index (κ2) is 6.89. The molecule has 0 aromatic heterocycles. The largest absolute Gasteiger partial charge is 0.497 e. The summed E-state index contributed by atoms with van der Waals surface area (Å²) in [7, 11) is 1.66. The van der Waals surface area contributed by atoms with Gasteiger partial charge in [0.2, 0.25) is 0 Å². The van der Waals surface area contributed by atoms with Crippen LogP contribution in [0.25, 0.3) is 17.2 Å². The molecule has 0 aliphatic rings. The number of hydrogen-bond acceptors (Lipinski definition) is 3. The zero-order valence-corrected chi connectivity index (χ0v) is 11.7. The van der Waals surface area contributed by atoms with Crippen LogP contribution >= 0.6 is 0 Å². The van der Waals surface area contributed by atoms with Gasteiger partial charge in [-0.2, -0.15) is 5.48 Å². The normalized spacial score (nSPS) is 12.6. The van der Waals surface area contributed by atoms with Crippen LogP contribution in [0.1, 0.15) is 12.5 Å². The van der Waals surface area contributed by atoms with Gasteiger partial charge in [0.15, 0.2) is 0 Å². The molecule has 3 heteroatoms. The molecule has 0 aliphatic carbocycles. The molecule has 0 amide bonds. The average molecular weight is 269 g/mol. The van der Waals surface area contributed by atoms with Crippen LogP contribution in [0, 0.1) is 0 Å². The monoisotopic (exact) mass is 269 g/mol. The number of hydroxylamine groups is 1. The standard InChI is InChI=1S/C17H19NO2/c1-13(18-19)6-7-14-4-3-5-16(12-14)15-8-10-17(20-2)11-9-15/h3-13,18-19H,1-2H3/t13-/m0/s1. The topological polar surface area (TPSA) is 41.5 Å². The summed E-state index contributed by atoms with van der Waals surface area (Å²) in [4.78, 5) is 0. The molecule has 0 radical (unpaired) electrons. The molecule has 0 heterocycles. The fourth-order valence-corrected chi connectivity index (χ4v) is 1.90. The maximum absolute atomic E-state index is 8.78. The molecule has 0 saturated heterocycles. The molecule has 20 heavy (non-hydrogen) atoms. The summed E-state index contributed by atoms with van der Waals surface area (Å²) in [5.74, 6) is 0.854. The van der Waals surface area contributed by atoms with Crippen LogP contribution in [0.5, 0.6) is 5.75 Å². The van der Waals surface area contributed by atoms with Crippen LogP contribution in [-0.4, -0.2) is 18.4 Å². The molecule has 104 valence electrons. The number of methoxy groups -OCH3 is 1. The summed E-state index contributed by atoms with van der Waals surface area (Å²) in [6.07, 6.45) is 3.90. The van der Waals surface area contributed by atoms with E-state index in [-0.39, 0.29) is 6.04 Å². The van der Waals surface area contributed by atoms with Crippen molar-refractivity contribution in [3.63, 3.8) is 0 Å². The van der Waals surface area contributed by atoms with E-state index >= 15 is 0 Å². The Bertz CT molecular complexity index is 576. The van der Waals surface area contributed by atoms with Crippen molar-refractivity contribution in [2.75, 3.05) is 7.11 Å². The molecule has 0 bridgehead atoms. The van der Waals surface area contributed by atoms with Gasteiger partial charge in [-0.3, -0.25) is 0 Å². The Labute approximate surface area is 119 Å². The lowest BCUT2D eigenvalue weighted by Gasteiger charge is -2.05. The van der Waals surface area contributed by atoms with Gasteiger partial charge in [0.05, 0.1) is 7.11 Å². The highest BCUT2D eigenvalue weighted by Gasteiger charge is 1.99. The fourth-order valence-electron chi connectivity index (χ4n) is 1.90. The first kappa shape index (κ1) is 14.3. The first-order valence-corrected chi connectivity index (χ1v) is 6.55. The summed E-state index contributed by atoms with van der Waals surface area (Å²) < 4.78 is 5.16. The van der Waals surface area contributed by atoms with Gasteiger partial charge in [0, 0.05) is 6.04 Å². The summed E-state index contributed by atoms with van der Waals surface area (Å²) in [5.41, 5.74) is 5.59. The number of benzene rings is 2. The molecule has 2 aromatic rings. The van der Waals surface area contributed by atoms with Crippen LogP contribution in [-0.2, 0) is 0 Å². The minimum atomic E-state index is -0.0698. The SMILES string of the molecule is COc1ccc(-c2cccc(C=C[C@H](C)NO)c2)cc1. The molecule has 0 spiro atoms. The zero-order valence-electron chi connectivity index (χ0n) is 11.7. The lowest BCUT2D eigenvalue weighted by molar-refractivity contribution is 0.150. The molecule has 3 nitrogen and oxygen atoms in total. The Kier molecular flexibility index (Phi) is 4.93. The Balaban J connectivity index is 2.22. The smallest absolute Gasteiger partial charge is 0.118 e. The molecule has 0 aliphatic heterocycles. The van der Waals surface area contributed by atoms with E-state index in [9.17, 15) is 0 Å². The van der Waals surface area contributed by atoms with Crippen LogP contribution in [0.3, 0.4) is 0 Å². The molecule has 2 N–H and O–H groups in total. The number of hydrogen-bond donors (Lipinski definition) is 2. The van der Waals surface area contributed by atoms with E-state index < -0.39 is 0 Å². The third kappa shape index (κ3) is 3.70. The van der Waals surface area contributed by atoms with E-state index in [2.05, 4.69) is 17.6 Å². The highest BCUT2D eigenvalue weighted by molar-refractivity contribution is 5.68. The second-order valence-electron chi connectivity index (χ2n) is 4.63. The maximum Gasteiger partial charge on any atom is 0.118 e. The quantitative estimate of drug-likeness (QED) is 0.812. The van der Waals surface area contributed by atoms with Crippen LogP contribution in [0.2, 0.25) is 0 Å². The van der Waals surface area contributed by atoms with Crippen molar-refractivity contribution in [2.24, 2.45) is 0 Å². The van der Waals surface area contributed by atoms with Crippen LogP contribution < -0.4 is 10.2 Å². The van der Waals surface area contributed by atoms with Gasteiger partial charge in [-0.15, -0.1) is 0 Å². The Morgan fingerprint density at radius 1 is 1.10 bits per heavy atom. The van der Waals surface area contributed by atoms with Gasteiger partial charge in [-0.1, -0.05) is 42.5 Å². The van der Waals surface area contributed by atoms with Crippen LogP contribution in [0.15, 0.2) is 54.6 Å². The van der Waals surface area contributed by atoms with Crippen molar-refractivity contribution in [3.8, 4) is 16.9 Å². The van der Waals surface area contributed by atoms with Gasteiger partial charge in [0.1, 0.15) is 5.75 Å². The molecule has 2 aromatic carbocycles. The highest BCUT2D eigenvalue weighted by Crippen LogP contribution is 2.23. The van der Waals surface area contributed by atoms with Crippen LogP contribution in [0.4, 0.5) is 0 Å². The van der Waals surface area contributed by atoms with Crippen molar-refractivity contribution < 1.29 is 9.94 Å². The van der Waals surface area contributed by atoms with Crippen molar-refractivity contribution in [2.45, 2.75) is 13.0 Å². The zero-order chi connectivity index (χ0) is 14.4. The Hall–Kier alpha value is -2.10. The summed E-state index contributed by atoms with van der Waals surface area (Å²) in [5, 5.41) is 8.78. The Morgan fingerprint density at radius 3 is 2.50 bits per heavy atom. The second-order valence-corrected chi connectivity index (χ2v) is 4.63. The van der Waals surface area contributed by atoms with E-state index in [1.807, 2.05) is 55.5 Å². The van der Waals surface area contributed by atoms with Gasteiger partial charge in [-0.25, -0.2) is 0 Å². The average Bonchev–Trinajstić information content (AvgIpc) is 2.53.